The molecule has 2 fully saturated rings. The molecule has 1 saturated heterocycles. The van der Waals surface area contributed by atoms with Gasteiger partial charge in [-0.25, -0.2) is 8.78 Å². The smallest absolute Gasteiger partial charge is 0.233 e. The van der Waals surface area contributed by atoms with Crippen molar-refractivity contribution in [1.29, 1.82) is 0 Å². The van der Waals surface area contributed by atoms with Crippen molar-refractivity contribution in [1.82, 2.24) is 15.5 Å². The fourth-order valence-corrected chi connectivity index (χ4v) is 4.95. The summed E-state index contributed by atoms with van der Waals surface area (Å²) >= 11 is 0. The van der Waals surface area contributed by atoms with Crippen molar-refractivity contribution in [3.05, 3.63) is 47.5 Å². The maximum Gasteiger partial charge on any atom is 0.233 e. The highest BCUT2D eigenvalue weighted by Crippen LogP contribution is 2.52. The lowest BCUT2D eigenvalue weighted by atomic mass is 9.85. The predicted octanol–water partition coefficient (Wildman–Crippen LogP) is 2.66. The molecule has 1 heterocycles. The number of aliphatic imine (C=N–C) groups is 1. The summed E-state index contributed by atoms with van der Waals surface area (Å²) < 4.78 is 27.0. The molecule has 1 aromatic carbocycles. The number of hydrogen-bond acceptors (Lipinski definition) is 3. The number of fused-ring (bicyclic) bond motifs is 5. The maximum atomic E-state index is 13.9. The van der Waals surface area contributed by atoms with Gasteiger partial charge in [-0.05, 0) is 29.9 Å². The van der Waals surface area contributed by atoms with Crippen LogP contribution in [0.5, 0.6) is 0 Å². The van der Waals surface area contributed by atoms with Crippen LogP contribution in [0, 0.1) is 35.3 Å². The number of carbonyl (C=O) groups is 2. The third kappa shape index (κ3) is 4.47. The van der Waals surface area contributed by atoms with Crippen LogP contribution in [0.25, 0.3) is 0 Å². The van der Waals surface area contributed by atoms with Crippen LogP contribution in [-0.2, 0) is 9.59 Å². The number of nitrogens with one attached hydrogen (secondary N) is 2. The molecule has 2 aliphatic carbocycles. The Bertz CT molecular complexity index is 893. The van der Waals surface area contributed by atoms with Crippen molar-refractivity contribution in [3.63, 3.8) is 0 Å². The second-order valence-electron chi connectivity index (χ2n) is 8.27. The monoisotopic (exact) mass is 544 g/mol. The Morgan fingerprint density at radius 1 is 1.16 bits per heavy atom. The summed E-state index contributed by atoms with van der Waals surface area (Å²) in [5, 5.41) is 6.20. The van der Waals surface area contributed by atoms with Crippen LogP contribution < -0.4 is 10.6 Å². The zero-order valence-corrected chi connectivity index (χ0v) is 19.8. The van der Waals surface area contributed by atoms with Crippen LogP contribution in [0.3, 0.4) is 0 Å². The first-order chi connectivity index (χ1) is 14.4. The van der Waals surface area contributed by atoms with E-state index in [0.717, 1.165) is 12.5 Å². The molecule has 1 aliphatic heterocycles. The van der Waals surface area contributed by atoms with Crippen LogP contribution in [0.2, 0.25) is 0 Å². The third-order valence-corrected chi connectivity index (χ3v) is 6.48. The van der Waals surface area contributed by atoms with E-state index < -0.39 is 11.6 Å². The molecule has 6 nitrogen and oxygen atoms in total. The summed E-state index contributed by atoms with van der Waals surface area (Å²) in [5.74, 6) is -0.972. The molecule has 4 rings (SSSR count). The lowest BCUT2D eigenvalue weighted by Gasteiger charge is -2.20. The Balaban J connectivity index is 0.00000272. The zero-order chi connectivity index (χ0) is 21.4. The van der Waals surface area contributed by atoms with Gasteiger partial charge in [0.25, 0.3) is 0 Å². The van der Waals surface area contributed by atoms with Crippen molar-refractivity contribution < 1.29 is 18.4 Å². The fourth-order valence-electron chi connectivity index (χ4n) is 4.95. The van der Waals surface area contributed by atoms with E-state index in [0.29, 0.717) is 24.6 Å². The van der Waals surface area contributed by atoms with Gasteiger partial charge in [-0.2, -0.15) is 0 Å². The van der Waals surface area contributed by atoms with Crippen molar-refractivity contribution in [2.45, 2.75) is 19.3 Å². The highest BCUT2D eigenvalue weighted by molar-refractivity contribution is 14.0. The van der Waals surface area contributed by atoms with Gasteiger partial charge in [-0.3, -0.25) is 19.5 Å². The molecule has 2 N–H and O–H groups in total. The van der Waals surface area contributed by atoms with Crippen molar-refractivity contribution in [3.8, 4) is 0 Å². The van der Waals surface area contributed by atoms with E-state index in [4.69, 9.17) is 0 Å². The lowest BCUT2D eigenvalue weighted by Crippen LogP contribution is -2.44. The van der Waals surface area contributed by atoms with Crippen LogP contribution in [-0.4, -0.2) is 49.4 Å². The first-order valence-corrected chi connectivity index (χ1v) is 10.3. The SMILES string of the molecule is CN=C(NCCN1C(=O)C2C3C=CC(C3)C2C1=O)NCC(C)c1ccc(F)cc1F.I. The summed E-state index contributed by atoms with van der Waals surface area (Å²) in [5.41, 5.74) is 0.419. The van der Waals surface area contributed by atoms with E-state index in [1.165, 1.54) is 17.0 Å². The van der Waals surface area contributed by atoms with Gasteiger partial charge in [0.1, 0.15) is 11.6 Å². The number of benzene rings is 1. The number of allylic oxidation sites excluding steroid dienone is 2. The number of rotatable bonds is 6. The van der Waals surface area contributed by atoms with Crippen molar-refractivity contribution in [2.24, 2.45) is 28.7 Å². The van der Waals surface area contributed by atoms with Gasteiger partial charge in [0.05, 0.1) is 11.8 Å². The molecule has 31 heavy (non-hydrogen) atoms. The molecule has 1 aromatic rings. The second kappa shape index (κ2) is 9.62. The Morgan fingerprint density at radius 2 is 1.81 bits per heavy atom. The van der Waals surface area contributed by atoms with Gasteiger partial charge < -0.3 is 10.6 Å². The summed E-state index contributed by atoms with van der Waals surface area (Å²) in [6.07, 6.45) is 5.08. The van der Waals surface area contributed by atoms with Crippen LogP contribution in [0.4, 0.5) is 8.78 Å². The van der Waals surface area contributed by atoms with Crippen molar-refractivity contribution in [2.75, 3.05) is 26.7 Å². The van der Waals surface area contributed by atoms with E-state index in [1.807, 2.05) is 6.92 Å². The van der Waals surface area contributed by atoms with E-state index in [-0.39, 0.29) is 71.9 Å². The largest absolute Gasteiger partial charge is 0.356 e. The Labute approximate surface area is 197 Å². The van der Waals surface area contributed by atoms with Crippen LogP contribution >= 0.6 is 24.0 Å². The van der Waals surface area contributed by atoms with Gasteiger partial charge in [-0.1, -0.05) is 25.1 Å². The van der Waals surface area contributed by atoms with E-state index in [9.17, 15) is 18.4 Å². The minimum atomic E-state index is -0.604. The van der Waals surface area contributed by atoms with Crippen LogP contribution in [0.1, 0.15) is 24.8 Å². The van der Waals surface area contributed by atoms with E-state index in [2.05, 4.69) is 27.8 Å². The van der Waals surface area contributed by atoms with Gasteiger partial charge in [0, 0.05) is 38.7 Å². The Hall–Kier alpha value is -2.04. The molecule has 3 aliphatic rings. The topological polar surface area (TPSA) is 73.8 Å². The van der Waals surface area contributed by atoms with Gasteiger partial charge >= 0.3 is 0 Å². The third-order valence-electron chi connectivity index (χ3n) is 6.48. The molecule has 168 valence electrons. The Morgan fingerprint density at radius 3 is 2.39 bits per heavy atom. The number of guanidine groups is 1. The predicted molar refractivity (Wildman–Crippen MR) is 124 cm³/mol. The van der Waals surface area contributed by atoms with E-state index >= 15 is 0 Å². The summed E-state index contributed by atoms with van der Waals surface area (Å²) in [4.78, 5) is 30.9. The Kier molecular flexibility index (Phi) is 7.33. The normalized spacial score (nSPS) is 27.4. The molecule has 0 radical (unpaired) electrons. The molecule has 1 saturated carbocycles. The van der Waals surface area contributed by atoms with E-state index in [1.54, 1.807) is 7.05 Å². The first kappa shape index (κ1) is 23.6. The molecule has 5 atom stereocenters. The summed E-state index contributed by atoms with van der Waals surface area (Å²) in [6.45, 7) is 2.88. The number of nitrogens with zero attached hydrogens (tertiary/aromatic N) is 2. The molecule has 9 heteroatoms. The van der Waals surface area contributed by atoms with Crippen molar-refractivity contribution >= 4 is 41.8 Å². The summed E-state index contributed by atoms with van der Waals surface area (Å²) in [6, 6.07) is 3.56. The minimum absolute atomic E-state index is 0. The number of halogens is 3. The number of amides is 2. The minimum Gasteiger partial charge on any atom is -0.356 e. The highest BCUT2D eigenvalue weighted by atomic mass is 127. The molecular formula is C22H27F2IN4O2. The average Bonchev–Trinajstić information content (AvgIpc) is 3.39. The molecule has 0 spiro atoms. The highest BCUT2D eigenvalue weighted by Gasteiger charge is 2.58. The van der Waals surface area contributed by atoms with Crippen LogP contribution in [0.15, 0.2) is 35.3 Å². The zero-order valence-electron chi connectivity index (χ0n) is 17.5. The number of imide groups is 1. The maximum absolute atomic E-state index is 13.9. The number of carbonyl (C=O) groups excluding carboxylic acids is 2. The molecule has 2 amide bonds. The molecule has 2 bridgehead atoms. The first-order valence-electron chi connectivity index (χ1n) is 10.3. The van der Waals surface area contributed by atoms with Gasteiger partial charge in [-0.15, -0.1) is 24.0 Å². The number of likely N-dealkylation sites (tertiary alicyclic amines) is 1. The second-order valence-corrected chi connectivity index (χ2v) is 8.27. The lowest BCUT2D eigenvalue weighted by molar-refractivity contribution is -0.140. The summed E-state index contributed by atoms with van der Waals surface area (Å²) in [7, 11) is 1.61. The van der Waals surface area contributed by atoms with Gasteiger partial charge in [0.15, 0.2) is 5.96 Å². The fraction of sp³-hybridized carbons (Fsp3) is 0.500. The van der Waals surface area contributed by atoms with Gasteiger partial charge in [0.2, 0.25) is 11.8 Å². The number of hydrogen-bond donors (Lipinski definition) is 2. The average molecular weight is 544 g/mol. The molecule has 5 unspecified atom stereocenters. The molecule has 0 aromatic heterocycles. The molecular weight excluding hydrogens is 517 g/mol. The quantitative estimate of drug-likeness (QED) is 0.190. The standard InChI is InChI=1S/C22H26F2N4O2.HI/c1-12(16-6-5-15(23)10-17(16)24)11-27-22(25-2)26-7-8-28-20(29)18-13-3-4-14(9-13)19(18)21(28)30;/h3-6,10,12-14,18-19H,7-9,11H2,1-2H3,(H2,25,26,27);1H.